The Morgan fingerprint density at radius 1 is 1.07 bits per heavy atom. The fraction of sp³-hybridized carbons (Fsp3) is 0.476. The van der Waals surface area contributed by atoms with Gasteiger partial charge in [-0.1, -0.05) is 6.08 Å². The van der Waals surface area contributed by atoms with E-state index in [0.717, 1.165) is 22.6 Å². The molecule has 0 saturated carbocycles. The zero-order valence-corrected chi connectivity index (χ0v) is 17.7. The molecule has 1 saturated heterocycles. The molecule has 154 valence electrons. The minimum absolute atomic E-state index is 0.275. The first-order valence-electron chi connectivity index (χ1n) is 9.78. The molecule has 2 aromatic heterocycles. The van der Waals surface area contributed by atoms with Gasteiger partial charge in [-0.2, -0.15) is 0 Å². The fourth-order valence-electron chi connectivity index (χ4n) is 3.27. The second-order valence-electron chi connectivity index (χ2n) is 7.89. The summed E-state index contributed by atoms with van der Waals surface area (Å²) in [5.41, 5.74) is 2.19. The Bertz CT molecular complexity index is 884. The summed E-state index contributed by atoms with van der Waals surface area (Å²) in [4.78, 5) is 34.0. The molecule has 0 aromatic carbocycles. The van der Waals surface area contributed by atoms with Crippen LogP contribution in [0.4, 0.5) is 10.6 Å². The lowest BCUT2D eigenvalue weighted by atomic mass is 10.0. The van der Waals surface area contributed by atoms with E-state index in [-0.39, 0.29) is 6.09 Å². The average molecular weight is 396 g/mol. The molecular formula is C21H28N6O2. The SMILES string of the molecule is C/C=C(/c1ncccn1)c1c(C)ncnc1N1CCN(C(=O)OC(C)(C)C)CC1. The molecule has 0 unspecified atom stereocenters. The van der Waals surface area contributed by atoms with Crippen molar-refractivity contribution in [1.29, 1.82) is 0 Å². The number of anilines is 1. The predicted molar refractivity (Wildman–Crippen MR) is 112 cm³/mol. The number of allylic oxidation sites excluding steroid dienone is 1. The average Bonchev–Trinajstić information content (AvgIpc) is 2.69. The normalized spacial score (nSPS) is 15.4. The number of amides is 1. The van der Waals surface area contributed by atoms with E-state index in [0.29, 0.717) is 32.0 Å². The van der Waals surface area contributed by atoms with Crippen LogP contribution in [0.3, 0.4) is 0 Å². The van der Waals surface area contributed by atoms with Crippen LogP contribution in [-0.2, 0) is 4.74 Å². The minimum atomic E-state index is -0.498. The molecule has 0 atom stereocenters. The first-order chi connectivity index (χ1) is 13.8. The van der Waals surface area contributed by atoms with E-state index in [2.05, 4.69) is 24.8 Å². The summed E-state index contributed by atoms with van der Waals surface area (Å²) >= 11 is 0. The minimum Gasteiger partial charge on any atom is -0.444 e. The third kappa shape index (κ3) is 4.88. The molecule has 0 spiro atoms. The van der Waals surface area contributed by atoms with Gasteiger partial charge in [-0.15, -0.1) is 0 Å². The standard InChI is InChI=1S/C21H28N6O2/c1-6-16(18-22-8-7-9-23-18)17-15(2)24-14-25-19(17)26-10-12-27(13-11-26)20(28)29-21(3,4)5/h6-9,14H,10-13H2,1-5H3/b16-6+. The van der Waals surface area contributed by atoms with Crippen LogP contribution < -0.4 is 4.90 Å². The Kier molecular flexibility index (Phi) is 6.10. The van der Waals surface area contributed by atoms with Crippen LogP contribution in [0.25, 0.3) is 5.57 Å². The zero-order valence-electron chi connectivity index (χ0n) is 17.7. The summed E-state index contributed by atoms with van der Waals surface area (Å²) in [5, 5.41) is 0. The van der Waals surface area contributed by atoms with Gasteiger partial charge >= 0.3 is 6.09 Å². The van der Waals surface area contributed by atoms with Crippen molar-refractivity contribution in [1.82, 2.24) is 24.8 Å². The largest absolute Gasteiger partial charge is 0.444 e. The van der Waals surface area contributed by atoms with Gasteiger partial charge in [-0.3, -0.25) is 0 Å². The summed E-state index contributed by atoms with van der Waals surface area (Å²) in [5.74, 6) is 1.48. The van der Waals surface area contributed by atoms with Crippen LogP contribution in [0.5, 0.6) is 0 Å². The molecule has 1 aliphatic rings. The number of carbonyl (C=O) groups excluding carboxylic acids is 1. The Balaban J connectivity index is 1.83. The maximum absolute atomic E-state index is 12.4. The van der Waals surface area contributed by atoms with Crippen LogP contribution in [0, 0.1) is 6.92 Å². The van der Waals surface area contributed by atoms with E-state index >= 15 is 0 Å². The lowest BCUT2D eigenvalue weighted by Crippen LogP contribution is -2.50. The second-order valence-corrected chi connectivity index (χ2v) is 7.89. The van der Waals surface area contributed by atoms with Crippen molar-refractivity contribution in [2.75, 3.05) is 31.1 Å². The Labute approximate surface area is 171 Å². The second kappa shape index (κ2) is 8.55. The lowest BCUT2D eigenvalue weighted by Gasteiger charge is -2.37. The van der Waals surface area contributed by atoms with Crippen LogP contribution >= 0.6 is 0 Å². The summed E-state index contributed by atoms with van der Waals surface area (Å²) in [7, 11) is 0. The molecule has 1 amide bonds. The molecule has 2 aromatic rings. The number of piperazine rings is 1. The maximum atomic E-state index is 12.4. The van der Waals surface area contributed by atoms with E-state index < -0.39 is 5.60 Å². The van der Waals surface area contributed by atoms with Gasteiger partial charge in [0.25, 0.3) is 0 Å². The highest BCUT2D eigenvalue weighted by molar-refractivity contribution is 5.83. The number of rotatable bonds is 3. The summed E-state index contributed by atoms with van der Waals surface area (Å²) in [6.07, 6.45) is 6.74. The molecule has 0 bridgehead atoms. The van der Waals surface area contributed by atoms with Gasteiger partial charge in [-0.25, -0.2) is 24.7 Å². The fourth-order valence-corrected chi connectivity index (χ4v) is 3.27. The van der Waals surface area contributed by atoms with E-state index in [1.165, 1.54) is 0 Å². The third-order valence-corrected chi connectivity index (χ3v) is 4.61. The van der Waals surface area contributed by atoms with Crippen LogP contribution in [0.15, 0.2) is 30.9 Å². The number of hydrogen-bond acceptors (Lipinski definition) is 7. The lowest BCUT2D eigenvalue weighted by molar-refractivity contribution is 0.0240. The van der Waals surface area contributed by atoms with Crippen molar-refractivity contribution in [3.63, 3.8) is 0 Å². The van der Waals surface area contributed by atoms with E-state index in [4.69, 9.17) is 4.74 Å². The predicted octanol–water partition coefficient (Wildman–Crippen LogP) is 3.08. The molecule has 0 N–H and O–H groups in total. The van der Waals surface area contributed by atoms with Gasteiger partial charge in [0.05, 0.1) is 5.69 Å². The van der Waals surface area contributed by atoms with Crippen molar-refractivity contribution >= 4 is 17.5 Å². The quantitative estimate of drug-likeness (QED) is 0.788. The molecule has 8 heteroatoms. The Morgan fingerprint density at radius 3 is 2.31 bits per heavy atom. The van der Waals surface area contributed by atoms with E-state index in [1.807, 2.05) is 40.7 Å². The summed E-state index contributed by atoms with van der Waals surface area (Å²) < 4.78 is 5.49. The highest BCUT2D eigenvalue weighted by Crippen LogP contribution is 2.31. The molecule has 8 nitrogen and oxygen atoms in total. The van der Waals surface area contributed by atoms with Crippen molar-refractivity contribution in [3.8, 4) is 0 Å². The number of aryl methyl sites for hydroxylation is 1. The number of carbonyl (C=O) groups is 1. The van der Waals surface area contributed by atoms with Crippen molar-refractivity contribution in [2.24, 2.45) is 0 Å². The monoisotopic (exact) mass is 396 g/mol. The summed E-state index contributed by atoms with van der Waals surface area (Å²) in [6, 6.07) is 1.79. The van der Waals surface area contributed by atoms with Gasteiger partial charge in [-0.05, 0) is 40.7 Å². The van der Waals surface area contributed by atoms with Crippen LogP contribution in [-0.4, -0.2) is 62.7 Å². The van der Waals surface area contributed by atoms with E-state index in [1.54, 1.807) is 29.7 Å². The highest BCUT2D eigenvalue weighted by Gasteiger charge is 2.28. The number of hydrogen-bond donors (Lipinski definition) is 0. The molecule has 1 fully saturated rings. The van der Waals surface area contributed by atoms with Gasteiger partial charge < -0.3 is 14.5 Å². The molecule has 1 aliphatic heterocycles. The Morgan fingerprint density at radius 2 is 1.72 bits per heavy atom. The van der Waals surface area contributed by atoms with Gasteiger partial charge in [0.1, 0.15) is 17.7 Å². The van der Waals surface area contributed by atoms with Crippen LogP contribution in [0.1, 0.15) is 44.8 Å². The smallest absolute Gasteiger partial charge is 0.410 e. The zero-order chi connectivity index (χ0) is 21.0. The number of aromatic nitrogens is 4. The highest BCUT2D eigenvalue weighted by atomic mass is 16.6. The van der Waals surface area contributed by atoms with Crippen LogP contribution in [0.2, 0.25) is 0 Å². The van der Waals surface area contributed by atoms with Crippen molar-refractivity contribution in [2.45, 2.75) is 40.2 Å². The molecular weight excluding hydrogens is 368 g/mol. The first-order valence-corrected chi connectivity index (χ1v) is 9.78. The third-order valence-electron chi connectivity index (χ3n) is 4.61. The van der Waals surface area contributed by atoms with E-state index in [9.17, 15) is 4.79 Å². The molecule has 0 radical (unpaired) electrons. The number of ether oxygens (including phenoxy) is 1. The van der Waals surface area contributed by atoms with Gasteiger partial charge in [0.2, 0.25) is 0 Å². The molecule has 29 heavy (non-hydrogen) atoms. The topological polar surface area (TPSA) is 84.3 Å². The number of nitrogens with zero attached hydrogens (tertiary/aromatic N) is 6. The van der Waals surface area contributed by atoms with Gasteiger partial charge in [0.15, 0.2) is 5.82 Å². The van der Waals surface area contributed by atoms with Crippen molar-refractivity contribution < 1.29 is 9.53 Å². The molecule has 0 aliphatic carbocycles. The molecule has 3 rings (SSSR count). The Hall–Kier alpha value is -3.03. The maximum Gasteiger partial charge on any atom is 0.410 e. The molecule has 3 heterocycles. The summed E-state index contributed by atoms with van der Waals surface area (Å²) in [6.45, 7) is 12.0. The van der Waals surface area contributed by atoms with Gasteiger partial charge in [0, 0.05) is 49.7 Å². The first kappa shape index (κ1) is 20.7. The van der Waals surface area contributed by atoms with Crippen molar-refractivity contribution in [3.05, 3.63) is 47.9 Å².